The maximum atomic E-state index is 4.35. The Labute approximate surface area is 101 Å². The summed E-state index contributed by atoms with van der Waals surface area (Å²) in [6, 6.07) is 2.45. The first-order valence-electron chi connectivity index (χ1n) is 4.71. The molecule has 0 N–H and O–H groups in total. The SMILES string of the molecule is CC(CBr)N(C)c1ncnc2ccsc12. The zero-order chi connectivity index (χ0) is 10.8. The summed E-state index contributed by atoms with van der Waals surface area (Å²) in [5, 5.41) is 2.98. The molecule has 1 atom stereocenters. The standard InChI is InChI=1S/C10H12BrN3S/c1-7(5-11)14(2)10-9-8(3-4-15-9)12-6-13-10/h3-4,6-7H,5H2,1-2H3. The predicted molar refractivity (Wildman–Crippen MR) is 69.1 cm³/mol. The summed E-state index contributed by atoms with van der Waals surface area (Å²) in [6.07, 6.45) is 1.63. The van der Waals surface area contributed by atoms with E-state index in [0.717, 1.165) is 21.4 Å². The zero-order valence-corrected chi connectivity index (χ0v) is 11.0. The maximum absolute atomic E-state index is 4.35. The highest BCUT2D eigenvalue weighted by Crippen LogP contribution is 2.28. The van der Waals surface area contributed by atoms with Gasteiger partial charge in [-0.25, -0.2) is 9.97 Å². The molecule has 0 aliphatic rings. The Bertz CT molecular complexity index is 457. The second kappa shape index (κ2) is 4.45. The number of halogens is 1. The number of rotatable bonds is 3. The number of nitrogens with zero attached hydrogens (tertiary/aromatic N) is 3. The van der Waals surface area contributed by atoms with Gasteiger partial charge in [-0.1, -0.05) is 15.9 Å². The van der Waals surface area contributed by atoms with E-state index in [4.69, 9.17) is 0 Å². The van der Waals surface area contributed by atoms with Crippen molar-refractivity contribution in [3.8, 4) is 0 Å². The summed E-state index contributed by atoms with van der Waals surface area (Å²) < 4.78 is 1.16. The van der Waals surface area contributed by atoms with Gasteiger partial charge in [0.15, 0.2) is 0 Å². The lowest BCUT2D eigenvalue weighted by Gasteiger charge is -2.24. The van der Waals surface area contributed by atoms with Crippen LogP contribution in [-0.4, -0.2) is 28.4 Å². The second-order valence-electron chi connectivity index (χ2n) is 3.45. The van der Waals surface area contributed by atoms with E-state index in [1.165, 1.54) is 0 Å². The van der Waals surface area contributed by atoms with Crippen molar-refractivity contribution in [1.29, 1.82) is 0 Å². The molecule has 0 saturated carbocycles. The lowest BCUT2D eigenvalue weighted by atomic mass is 10.3. The van der Waals surface area contributed by atoms with Gasteiger partial charge < -0.3 is 4.90 Å². The van der Waals surface area contributed by atoms with Gasteiger partial charge in [-0.15, -0.1) is 11.3 Å². The Morgan fingerprint density at radius 1 is 1.53 bits per heavy atom. The van der Waals surface area contributed by atoms with Gasteiger partial charge in [0.05, 0.1) is 10.2 Å². The summed E-state index contributed by atoms with van der Waals surface area (Å²) in [5.41, 5.74) is 1.03. The van der Waals surface area contributed by atoms with E-state index in [9.17, 15) is 0 Å². The lowest BCUT2D eigenvalue weighted by molar-refractivity contribution is 0.760. The first-order valence-corrected chi connectivity index (χ1v) is 6.71. The topological polar surface area (TPSA) is 29.0 Å². The minimum atomic E-state index is 0.421. The van der Waals surface area contributed by atoms with Crippen LogP contribution >= 0.6 is 27.3 Å². The Balaban J connectivity index is 2.46. The fourth-order valence-electron chi connectivity index (χ4n) is 1.34. The molecule has 2 rings (SSSR count). The van der Waals surface area contributed by atoms with Crippen molar-refractivity contribution >= 4 is 43.3 Å². The Hall–Kier alpha value is -0.680. The molecule has 2 aromatic heterocycles. The molecule has 3 nitrogen and oxygen atoms in total. The van der Waals surface area contributed by atoms with E-state index >= 15 is 0 Å². The number of aromatic nitrogens is 2. The summed E-state index contributed by atoms with van der Waals surface area (Å²) in [6.45, 7) is 2.16. The molecular weight excluding hydrogens is 274 g/mol. The molecule has 1 unspecified atom stereocenters. The molecular formula is C10H12BrN3S. The first kappa shape index (κ1) is 10.8. The molecule has 0 radical (unpaired) electrons. The minimum Gasteiger partial charge on any atom is -0.355 e. The van der Waals surface area contributed by atoms with Crippen LogP contribution in [0.1, 0.15) is 6.92 Å². The van der Waals surface area contributed by atoms with Gasteiger partial charge in [-0.3, -0.25) is 0 Å². The van der Waals surface area contributed by atoms with Crippen LogP contribution in [0.15, 0.2) is 17.8 Å². The normalized spacial score (nSPS) is 13.0. The van der Waals surface area contributed by atoms with Crippen molar-refractivity contribution in [2.45, 2.75) is 13.0 Å². The van der Waals surface area contributed by atoms with Crippen molar-refractivity contribution in [3.05, 3.63) is 17.8 Å². The van der Waals surface area contributed by atoms with Crippen molar-refractivity contribution in [1.82, 2.24) is 9.97 Å². The molecule has 0 amide bonds. The van der Waals surface area contributed by atoms with Gasteiger partial charge in [0.2, 0.25) is 0 Å². The molecule has 0 spiro atoms. The number of thiophene rings is 1. The van der Waals surface area contributed by atoms with Crippen molar-refractivity contribution < 1.29 is 0 Å². The van der Waals surface area contributed by atoms with Crippen molar-refractivity contribution in [2.75, 3.05) is 17.3 Å². The molecule has 2 heterocycles. The summed E-state index contributed by atoms with van der Waals surface area (Å²) in [5.74, 6) is 1.02. The van der Waals surface area contributed by atoms with Crippen molar-refractivity contribution in [2.24, 2.45) is 0 Å². The monoisotopic (exact) mass is 285 g/mol. The first-order chi connectivity index (χ1) is 7.24. The molecule has 2 aromatic rings. The highest BCUT2D eigenvalue weighted by atomic mass is 79.9. The van der Waals surface area contributed by atoms with Crippen LogP contribution < -0.4 is 4.90 Å². The zero-order valence-electron chi connectivity index (χ0n) is 8.64. The number of hydrogen-bond donors (Lipinski definition) is 0. The quantitative estimate of drug-likeness (QED) is 0.812. The van der Waals surface area contributed by atoms with Crippen LogP contribution in [0, 0.1) is 0 Å². The summed E-state index contributed by atoms with van der Waals surface area (Å²) in [4.78, 5) is 10.8. The van der Waals surface area contributed by atoms with Gasteiger partial charge in [-0.05, 0) is 18.4 Å². The Morgan fingerprint density at radius 2 is 2.33 bits per heavy atom. The minimum absolute atomic E-state index is 0.421. The van der Waals surface area contributed by atoms with E-state index < -0.39 is 0 Å². The van der Waals surface area contributed by atoms with Crippen LogP contribution in [0.2, 0.25) is 0 Å². The number of fused-ring (bicyclic) bond motifs is 1. The molecule has 0 saturated heterocycles. The molecule has 0 fully saturated rings. The number of anilines is 1. The fraction of sp³-hybridized carbons (Fsp3) is 0.400. The highest BCUT2D eigenvalue weighted by Gasteiger charge is 2.13. The lowest BCUT2D eigenvalue weighted by Crippen LogP contribution is -2.30. The average molecular weight is 286 g/mol. The van der Waals surface area contributed by atoms with Crippen molar-refractivity contribution in [3.63, 3.8) is 0 Å². The van der Waals surface area contributed by atoms with E-state index in [0.29, 0.717) is 6.04 Å². The van der Waals surface area contributed by atoms with E-state index in [2.05, 4.69) is 50.1 Å². The van der Waals surface area contributed by atoms with E-state index in [1.54, 1.807) is 17.7 Å². The maximum Gasteiger partial charge on any atom is 0.150 e. The van der Waals surface area contributed by atoms with E-state index in [1.807, 2.05) is 6.07 Å². The predicted octanol–water partition coefficient (Wildman–Crippen LogP) is 2.91. The average Bonchev–Trinajstić information content (AvgIpc) is 2.74. The van der Waals surface area contributed by atoms with Gasteiger partial charge in [0.1, 0.15) is 12.1 Å². The van der Waals surface area contributed by atoms with Crippen LogP contribution in [0.4, 0.5) is 5.82 Å². The molecule has 80 valence electrons. The van der Waals surface area contributed by atoms with Gasteiger partial charge >= 0.3 is 0 Å². The fourth-order valence-corrected chi connectivity index (χ4v) is 2.65. The molecule has 5 heteroatoms. The summed E-state index contributed by atoms with van der Waals surface area (Å²) in [7, 11) is 2.06. The molecule has 0 aliphatic heterocycles. The number of alkyl halides is 1. The molecule has 0 aromatic carbocycles. The Kier molecular flexibility index (Phi) is 3.21. The molecule has 15 heavy (non-hydrogen) atoms. The van der Waals surface area contributed by atoms with Gasteiger partial charge in [0.25, 0.3) is 0 Å². The third-order valence-electron chi connectivity index (χ3n) is 2.44. The smallest absolute Gasteiger partial charge is 0.150 e. The van der Waals surface area contributed by atoms with Gasteiger partial charge in [-0.2, -0.15) is 0 Å². The van der Waals surface area contributed by atoms with Crippen LogP contribution in [-0.2, 0) is 0 Å². The third kappa shape index (κ3) is 1.99. The van der Waals surface area contributed by atoms with Gasteiger partial charge in [0, 0.05) is 18.4 Å². The third-order valence-corrected chi connectivity index (χ3v) is 4.28. The molecule has 0 aliphatic carbocycles. The second-order valence-corrected chi connectivity index (χ2v) is 5.01. The van der Waals surface area contributed by atoms with Crippen LogP contribution in [0.25, 0.3) is 10.2 Å². The summed E-state index contributed by atoms with van der Waals surface area (Å²) >= 11 is 5.17. The van der Waals surface area contributed by atoms with Crippen LogP contribution in [0.5, 0.6) is 0 Å². The largest absolute Gasteiger partial charge is 0.355 e. The van der Waals surface area contributed by atoms with Crippen LogP contribution in [0.3, 0.4) is 0 Å². The van der Waals surface area contributed by atoms with E-state index in [-0.39, 0.29) is 0 Å². The molecule has 0 bridgehead atoms. The Morgan fingerprint density at radius 3 is 3.07 bits per heavy atom. The number of hydrogen-bond acceptors (Lipinski definition) is 4. The highest BCUT2D eigenvalue weighted by molar-refractivity contribution is 9.09.